The van der Waals surface area contributed by atoms with Crippen LogP contribution in [0, 0.1) is 11.3 Å². The van der Waals surface area contributed by atoms with Crippen molar-refractivity contribution in [3.8, 4) is 17.6 Å². The normalized spacial score (nSPS) is 19.8. The molecule has 1 aromatic heterocycles. The Balaban J connectivity index is 1.56. The Morgan fingerprint density at radius 1 is 0.909 bits per heavy atom. The second-order valence-corrected chi connectivity index (χ2v) is 10.1. The van der Waals surface area contributed by atoms with Gasteiger partial charge in [0.15, 0.2) is 6.23 Å². The molecule has 0 unspecified atom stereocenters. The van der Waals surface area contributed by atoms with Crippen molar-refractivity contribution in [2.75, 3.05) is 27.4 Å². The molecule has 0 saturated carbocycles. The molecule has 1 fully saturated rings. The number of rotatable bonds is 12. The molecule has 2 heterocycles. The molecule has 11 heteroatoms. The average molecular weight is 600 g/mol. The highest BCUT2D eigenvalue weighted by Crippen LogP contribution is 2.43. The van der Waals surface area contributed by atoms with Crippen LogP contribution in [0.3, 0.4) is 0 Å². The molecular weight excluding hydrogens is 566 g/mol. The summed E-state index contributed by atoms with van der Waals surface area (Å²) < 4.78 is 30.9. The van der Waals surface area contributed by atoms with Gasteiger partial charge in [-0.3, -0.25) is 14.3 Å². The number of hydrogen-bond acceptors (Lipinski definition) is 9. The van der Waals surface area contributed by atoms with Crippen molar-refractivity contribution < 1.29 is 28.8 Å². The summed E-state index contributed by atoms with van der Waals surface area (Å²) in [5, 5.41) is 20.5. The van der Waals surface area contributed by atoms with Crippen LogP contribution in [0.1, 0.15) is 29.3 Å². The summed E-state index contributed by atoms with van der Waals surface area (Å²) >= 11 is 0. The first-order valence-corrected chi connectivity index (χ1v) is 14.0. The molecule has 3 aromatic carbocycles. The highest BCUT2D eigenvalue weighted by molar-refractivity contribution is 5.49. The second kappa shape index (κ2) is 13.7. The molecule has 1 saturated heterocycles. The number of methoxy groups -OCH3 is 2. The van der Waals surface area contributed by atoms with Crippen LogP contribution in [0.25, 0.3) is 0 Å². The van der Waals surface area contributed by atoms with Gasteiger partial charge in [0, 0.05) is 12.3 Å². The number of nitrogens with one attached hydrogen (secondary N) is 1. The van der Waals surface area contributed by atoms with Gasteiger partial charge in [-0.15, -0.1) is 0 Å². The summed E-state index contributed by atoms with van der Waals surface area (Å²) in [6, 6.07) is 27.9. The molecule has 0 bridgehead atoms. The van der Waals surface area contributed by atoms with E-state index in [1.54, 1.807) is 14.2 Å². The van der Waals surface area contributed by atoms with E-state index in [2.05, 4.69) is 4.98 Å². The number of hydrogen-bond donors (Lipinski definition) is 2. The predicted molar refractivity (Wildman–Crippen MR) is 159 cm³/mol. The lowest BCUT2D eigenvalue weighted by atomic mass is 9.80. The van der Waals surface area contributed by atoms with Crippen molar-refractivity contribution in [2.45, 2.75) is 36.6 Å². The topological polar surface area (TPSA) is 145 Å². The number of aliphatic hydroxyl groups is 1. The fraction of sp³-hybridized carbons (Fsp3) is 0.303. The van der Waals surface area contributed by atoms with Gasteiger partial charge >= 0.3 is 5.69 Å². The van der Waals surface area contributed by atoms with Crippen LogP contribution in [0.4, 0.5) is 0 Å². The quantitative estimate of drug-likeness (QED) is 0.185. The fourth-order valence-electron chi connectivity index (χ4n) is 5.41. The standard InChI is InChI=1S/C33H33N3O8/c1-40-25-13-9-23(10-14-25)33(22-7-4-3-5-8-22,24-11-15-26(41-2)16-12-24)43-21-27-29(38)30(42-20-6-18-34)31(44-27)36-19-17-28(37)35-32(36)39/h3-5,7-17,19,27,29-31,38H,6,20-21H2,1-2H3,(H,35,37,39)/t27-,29-,30-,31-/m1/s1. The summed E-state index contributed by atoms with van der Waals surface area (Å²) in [6.45, 7) is -0.115. The first kappa shape index (κ1) is 30.7. The molecule has 44 heavy (non-hydrogen) atoms. The number of ether oxygens (including phenoxy) is 5. The van der Waals surface area contributed by atoms with E-state index in [0.29, 0.717) is 11.5 Å². The monoisotopic (exact) mass is 599 g/mol. The molecule has 5 rings (SSSR count). The summed E-state index contributed by atoms with van der Waals surface area (Å²) in [7, 11) is 3.19. The Bertz CT molecular complexity index is 1630. The molecule has 1 aliphatic rings. The maximum absolute atomic E-state index is 12.7. The molecule has 0 radical (unpaired) electrons. The van der Waals surface area contributed by atoms with Gasteiger partial charge < -0.3 is 28.8 Å². The molecule has 11 nitrogen and oxygen atoms in total. The van der Waals surface area contributed by atoms with Crippen LogP contribution >= 0.6 is 0 Å². The van der Waals surface area contributed by atoms with E-state index >= 15 is 0 Å². The van der Waals surface area contributed by atoms with Crippen LogP contribution in [0.5, 0.6) is 11.5 Å². The highest BCUT2D eigenvalue weighted by Gasteiger charge is 2.48. The van der Waals surface area contributed by atoms with Crippen molar-refractivity contribution in [2.24, 2.45) is 0 Å². The molecule has 4 aromatic rings. The number of aromatic amines is 1. The van der Waals surface area contributed by atoms with Crippen molar-refractivity contribution in [3.05, 3.63) is 129 Å². The lowest BCUT2D eigenvalue weighted by molar-refractivity contribution is -0.0980. The number of nitriles is 1. The van der Waals surface area contributed by atoms with Gasteiger partial charge in [0.05, 0.1) is 39.9 Å². The van der Waals surface area contributed by atoms with Gasteiger partial charge in [-0.05, 0) is 41.0 Å². The average Bonchev–Trinajstić information content (AvgIpc) is 3.36. The molecule has 0 spiro atoms. The number of benzene rings is 3. The molecular formula is C33H33N3O8. The maximum atomic E-state index is 12.7. The molecule has 2 N–H and O–H groups in total. The number of H-pyrrole nitrogens is 1. The maximum Gasteiger partial charge on any atom is 0.330 e. The zero-order valence-corrected chi connectivity index (χ0v) is 24.3. The van der Waals surface area contributed by atoms with Crippen LogP contribution in [-0.2, 0) is 19.8 Å². The zero-order chi connectivity index (χ0) is 31.1. The molecule has 4 atom stereocenters. The van der Waals surface area contributed by atoms with Gasteiger partial charge in [0.2, 0.25) is 0 Å². The Labute approximate surface area is 253 Å². The van der Waals surface area contributed by atoms with Crippen LogP contribution in [-0.4, -0.2) is 60.4 Å². The minimum Gasteiger partial charge on any atom is -0.497 e. The first-order chi connectivity index (χ1) is 21.4. The molecule has 228 valence electrons. The van der Waals surface area contributed by atoms with Gasteiger partial charge in [0.25, 0.3) is 5.56 Å². The van der Waals surface area contributed by atoms with E-state index in [1.165, 1.54) is 12.3 Å². The third kappa shape index (κ3) is 6.15. The number of nitrogens with zero attached hydrogens (tertiary/aromatic N) is 2. The Morgan fingerprint density at radius 2 is 1.50 bits per heavy atom. The van der Waals surface area contributed by atoms with Gasteiger partial charge in [0.1, 0.15) is 35.4 Å². The van der Waals surface area contributed by atoms with Crippen molar-refractivity contribution in [1.29, 1.82) is 5.26 Å². The third-order valence-electron chi connectivity index (χ3n) is 7.60. The van der Waals surface area contributed by atoms with Crippen LogP contribution in [0.15, 0.2) is 101 Å². The van der Waals surface area contributed by atoms with Gasteiger partial charge in [-0.25, -0.2) is 4.79 Å². The largest absolute Gasteiger partial charge is 0.497 e. The molecule has 0 aliphatic carbocycles. The van der Waals surface area contributed by atoms with E-state index in [4.69, 9.17) is 28.9 Å². The Morgan fingerprint density at radius 3 is 2.05 bits per heavy atom. The molecule has 0 amide bonds. The number of aromatic nitrogens is 2. The summed E-state index contributed by atoms with van der Waals surface area (Å²) in [4.78, 5) is 26.6. The van der Waals surface area contributed by atoms with Gasteiger partial charge in [-0.1, -0.05) is 54.6 Å². The SMILES string of the molecule is COc1ccc(C(OC[C@H]2O[C@@H](n3ccc(=O)[nH]c3=O)[C@H](OCCC#N)[C@@H]2O)(c2ccccc2)c2ccc(OC)cc2)cc1. The lowest BCUT2D eigenvalue weighted by Crippen LogP contribution is -2.41. The van der Waals surface area contributed by atoms with Crippen molar-refractivity contribution in [1.82, 2.24) is 9.55 Å². The smallest absolute Gasteiger partial charge is 0.330 e. The molecule has 1 aliphatic heterocycles. The minimum atomic E-state index is -1.24. The van der Waals surface area contributed by atoms with E-state index in [-0.39, 0.29) is 19.6 Å². The Kier molecular flexibility index (Phi) is 9.57. The van der Waals surface area contributed by atoms with Gasteiger partial charge in [-0.2, -0.15) is 5.26 Å². The van der Waals surface area contributed by atoms with Crippen molar-refractivity contribution >= 4 is 0 Å². The zero-order valence-electron chi connectivity index (χ0n) is 24.3. The Hall–Kier alpha value is -4.73. The van der Waals surface area contributed by atoms with E-state index < -0.39 is 41.4 Å². The summed E-state index contributed by atoms with van der Waals surface area (Å²) in [6.07, 6.45) is -2.94. The van der Waals surface area contributed by atoms with E-state index in [9.17, 15) is 14.7 Å². The predicted octanol–water partition coefficient (Wildman–Crippen LogP) is 3.12. The van der Waals surface area contributed by atoms with Crippen molar-refractivity contribution in [3.63, 3.8) is 0 Å². The highest BCUT2D eigenvalue weighted by atomic mass is 16.6. The lowest BCUT2D eigenvalue weighted by Gasteiger charge is -2.37. The third-order valence-corrected chi connectivity index (χ3v) is 7.60. The van der Waals surface area contributed by atoms with E-state index in [1.807, 2.05) is 84.9 Å². The first-order valence-electron chi connectivity index (χ1n) is 14.0. The van der Waals surface area contributed by atoms with Crippen LogP contribution < -0.4 is 20.7 Å². The summed E-state index contributed by atoms with van der Waals surface area (Å²) in [5.41, 5.74) is -0.0706. The number of aliphatic hydroxyl groups excluding tert-OH is 1. The van der Waals surface area contributed by atoms with Crippen LogP contribution in [0.2, 0.25) is 0 Å². The second-order valence-electron chi connectivity index (χ2n) is 10.1. The fourth-order valence-corrected chi connectivity index (χ4v) is 5.41. The minimum absolute atomic E-state index is 0.00934. The summed E-state index contributed by atoms with van der Waals surface area (Å²) in [5.74, 6) is 1.35. The van der Waals surface area contributed by atoms with E-state index in [0.717, 1.165) is 21.3 Å².